The van der Waals surface area contributed by atoms with E-state index in [2.05, 4.69) is 15.9 Å². The highest BCUT2D eigenvalue weighted by atomic mass is 79.9. The summed E-state index contributed by atoms with van der Waals surface area (Å²) in [5.41, 5.74) is 0. The third-order valence-corrected chi connectivity index (χ3v) is 4.72. The van der Waals surface area contributed by atoms with Crippen molar-refractivity contribution in [2.75, 3.05) is 0 Å². The summed E-state index contributed by atoms with van der Waals surface area (Å²) in [7, 11) is 5.49. The molecule has 1 rings (SSSR count). The van der Waals surface area contributed by atoms with E-state index < -0.39 is 0 Å². The molecule has 1 aromatic rings. The van der Waals surface area contributed by atoms with Gasteiger partial charge in [-0.3, -0.25) is 0 Å². The Morgan fingerprint density at radius 2 is 2.00 bits per heavy atom. The Kier molecular flexibility index (Phi) is 3.56. The van der Waals surface area contributed by atoms with Gasteiger partial charge in [-0.05, 0) is 0 Å². The van der Waals surface area contributed by atoms with E-state index in [-0.39, 0.29) is 0 Å². The van der Waals surface area contributed by atoms with Crippen molar-refractivity contribution in [3.05, 3.63) is 12.9 Å². The quantitative estimate of drug-likeness (QED) is 0.442. The van der Waals surface area contributed by atoms with Gasteiger partial charge >= 0.3 is 0 Å². The molecule has 2 radical (unpaired) electrons. The maximum absolute atomic E-state index is 5.49. The van der Waals surface area contributed by atoms with Crippen LogP contribution in [0.25, 0.3) is 0 Å². The number of rotatable bonds is 2. The first-order valence-corrected chi connectivity index (χ1v) is 5.82. The van der Waals surface area contributed by atoms with Crippen LogP contribution in [0.5, 0.6) is 0 Å². The summed E-state index contributed by atoms with van der Waals surface area (Å²) in [5.74, 6) is 0. The van der Waals surface area contributed by atoms with E-state index in [9.17, 15) is 0 Å². The molecule has 0 N–H and O–H groups in total. The normalized spacial score (nSPS) is 10.1. The van der Waals surface area contributed by atoms with E-state index in [1.165, 1.54) is 9.75 Å². The summed E-state index contributed by atoms with van der Waals surface area (Å²) in [5, 5.41) is 0.872. The van der Waals surface area contributed by atoms with Crippen molar-refractivity contribution in [1.29, 1.82) is 0 Å². The van der Waals surface area contributed by atoms with Crippen molar-refractivity contribution < 1.29 is 0 Å². The van der Waals surface area contributed by atoms with Crippen LogP contribution in [0.1, 0.15) is 9.75 Å². The molecular formula is C5H4BBrS3. The van der Waals surface area contributed by atoms with Crippen molar-refractivity contribution in [3.63, 3.8) is 0 Å². The number of alkyl halides is 1. The Balaban J connectivity index is 3.08. The van der Waals surface area contributed by atoms with Crippen molar-refractivity contribution in [2.45, 2.75) is 11.7 Å². The van der Waals surface area contributed by atoms with Crippen molar-refractivity contribution in [1.82, 2.24) is 0 Å². The van der Waals surface area contributed by atoms with E-state index in [0.29, 0.717) is 6.32 Å². The first kappa shape index (κ1) is 8.91. The molecule has 52 valence electrons. The highest BCUT2D eigenvalue weighted by molar-refractivity contribution is 9.08. The zero-order valence-electron chi connectivity index (χ0n) is 5.09. The van der Waals surface area contributed by atoms with Gasteiger partial charge in [0.05, 0.1) is 7.85 Å². The molecule has 0 fully saturated rings. The third kappa shape index (κ3) is 1.90. The van der Waals surface area contributed by atoms with Gasteiger partial charge in [-0.2, -0.15) is 0 Å². The van der Waals surface area contributed by atoms with Crippen LogP contribution < -0.4 is 0 Å². The Hall–Kier alpha value is 0.815. The summed E-state index contributed by atoms with van der Waals surface area (Å²) in [6.07, 6.45) is 0.610. The molecule has 0 bridgehead atoms. The fourth-order valence-corrected chi connectivity index (χ4v) is 4.01. The zero-order valence-corrected chi connectivity index (χ0v) is 9.13. The number of hydrogen-bond acceptors (Lipinski definition) is 3. The summed E-state index contributed by atoms with van der Waals surface area (Å²) in [6.45, 7) is 0. The summed E-state index contributed by atoms with van der Waals surface area (Å²) in [6, 6.07) is 0. The molecule has 0 aliphatic rings. The molecule has 0 aliphatic heterocycles. The van der Waals surface area contributed by atoms with Crippen LogP contribution in [0.4, 0.5) is 0 Å². The fraction of sp³-hybridized carbons (Fsp3) is 0.400. The van der Waals surface area contributed by atoms with Crippen LogP contribution in [0.3, 0.4) is 0 Å². The molecule has 0 nitrogen and oxygen atoms in total. The second-order valence-corrected chi connectivity index (χ2v) is 5.59. The highest BCUT2D eigenvalue weighted by Crippen LogP contribution is 2.26. The molecule has 0 saturated heterocycles. The molecule has 5 heteroatoms. The van der Waals surface area contributed by atoms with Crippen LogP contribution in [0.2, 0.25) is 0 Å². The molecule has 1 aromatic heterocycles. The van der Waals surface area contributed by atoms with Gasteiger partial charge in [-0.15, -0.1) is 22.7 Å². The van der Waals surface area contributed by atoms with Gasteiger partial charge < -0.3 is 0 Å². The topological polar surface area (TPSA) is 0 Å². The molecule has 0 amide bonds. The lowest BCUT2D eigenvalue weighted by Gasteiger charge is -1.90. The monoisotopic (exact) mass is 250 g/mol. The molecule has 10 heavy (non-hydrogen) atoms. The molecule has 0 spiro atoms. The molecule has 0 saturated carbocycles. The molecule has 0 aromatic carbocycles. The van der Waals surface area contributed by atoms with Crippen molar-refractivity contribution >= 4 is 58.7 Å². The maximum Gasteiger partial charge on any atom is 0.144 e. The molecule has 0 unspecified atom stereocenters. The molecule has 0 atom stereocenters. The minimum Gasteiger partial charge on any atom is -0.118 e. The Bertz CT molecular complexity index is 240. The number of hydrogen-bond donors (Lipinski definition) is 0. The van der Waals surface area contributed by atoms with E-state index in [4.69, 9.17) is 20.1 Å². The van der Waals surface area contributed by atoms with Crippen LogP contribution in [0.15, 0.2) is 0 Å². The summed E-state index contributed by atoms with van der Waals surface area (Å²) in [4.78, 5) is 2.49. The van der Waals surface area contributed by atoms with E-state index >= 15 is 0 Å². The summed E-state index contributed by atoms with van der Waals surface area (Å²) < 4.78 is 0.968. The van der Waals surface area contributed by atoms with Crippen LogP contribution in [-0.2, 0) is 11.7 Å². The SMILES string of the molecule is [B]Cc1sc(=S)sc1CBr. The van der Waals surface area contributed by atoms with Gasteiger partial charge in [0.1, 0.15) is 3.14 Å². The second-order valence-electron chi connectivity index (χ2n) is 1.64. The Morgan fingerprint density at radius 1 is 1.40 bits per heavy atom. The van der Waals surface area contributed by atoms with E-state index in [0.717, 1.165) is 8.47 Å². The minimum atomic E-state index is 0.610. The predicted octanol–water partition coefficient (Wildman–Crippen LogP) is 3.10. The zero-order chi connectivity index (χ0) is 7.56. The van der Waals surface area contributed by atoms with Gasteiger partial charge in [0.2, 0.25) is 0 Å². The maximum atomic E-state index is 5.49. The Labute approximate surface area is 82.8 Å². The first-order chi connectivity index (χ1) is 4.77. The molecule has 0 aliphatic carbocycles. The standard InChI is InChI=1S/C5H4BBrS3/c6-1-3-4(2-7)10-5(8)9-3/h1-2H2. The smallest absolute Gasteiger partial charge is 0.118 e. The second kappa shape index (κ2) is 4.00. The predicted molar refractivity (Wildman–Crippen MR) is 55.1 cm³/mol. The molecule has 1 heterocycles. The van der Waals surface area contributed by atoms with E-state index in [1.807, 2.05) is 0 Å². The van der Waals surface area contributed by atoms with Crippen molar-refractivity contribution in [3.8, 4) is 0 Å². The van der Waals surface area contributed by atoms with Gasteiger partial charge in [0.15, 0.2) is 0 Å². The summed E-state index contributed by atoms with van der Waals surface area (Å²) >= 11 is 11.7. The minimum absolute atomic E-state index is 0.610. The van der Waals surface area contributed by atoms with Gasteiger partial charge in [0.25, 0.3) is 0 Å². The van der Waals surface area contributed by atoms with Crippen molar-refractivity contribution in [2.24, 2.45) is 0 Å². The fourth-order valence-electron chi connectivity index (χ4n) is 0.593. The average Bonchev–Trinajstić information content (AvgIpc) is 2.30. The highest BCUT2D eigenvalue weighted by Gasteiger charge is 2.01. The first-order valence-electron chi connectivity index (χ1n) is 2.65. The Morgan fingerprint density at radius 3 is 2.40 bits per heavy atom. The van der Waals surface area contributed by atoms with Crippen LogP contribution >= 0.6 is 50.8 Å². The van der Waals surface area contributed by atoms with E-state index in [1.54, 1.807) is 22.7 Å². The lowest BCUT2D eigenvalue weighted by atomic mass is 10.0. The third-order valence-electron chi connectivity index (χ3n) is 1.03. The molecular weight excluding hydrogens is 247 g/mol. The van der Waals surface area contributed by atoms with Crippen LogP contribution in [0, 0.1) is 3.14 Å². The van der Waals surface area contributed by atoms with Gasteiger partial charge in [-0.1, -0.05) is 34.5 Å². The largest absolute Gasteiger partial charge is 0.144 e. The van der Waals surface area contributed by atoms with Gasteiger partial charge in [0, 0.05) is 15.1 Å². The lowest BCUT2D eigenvalue weighted by Crippen LogP contribution is -1.80. The number of halogens is 1. The average molecular weight is 251 g/mol. The van der Waals surface area contributed by atoms with Gasteiger partial charge in [-0.25, -0.2) is 0 Å². The lowest BCUT2D eigenvalue weighted by molar-refractivity contribution is 1.43. The van der Waals surface area contributed by atoms with Crippen LogP contribution in [-0.4, -0.2) is 7.85 Å².